The summed E-state index contributed by atoms with van der Waals surface area (Å²) in [5.74, 6) is -0.497. The lowest BCUT2D eigenvalue weighted by atomic mass is 10.1. The van der Waals surface area contributed by atoms with E-state index in [1.807, 2.05) is 0 Å². The van der Waals surface area contributed by atoms with Gasteiger partial charge in [0, 0.05) is 10.6 Å². The van der Waals surface area contributed by atoms with Crippen LogP contribution in [0.1, 0.15) is 17.9 Å². The van der Waals surface area contributed by atoms with Crippen molar-refractivity contribution in [3.63, 3.8) is 0 Å². The van der Waals surface area contributed by atoms with Gasteiger partial charge in [-0.25, -0.2) is 4.39 Å². The molecule has 0 spiro atoms. The monoisotopic (exact) mass is 226 g/mol. The molecular formula is C8H6Cl3F. The summed E-state index contributed by atoms with van der Waals surface area (Å²) >= 11 is 16.9. The SMILES string of the molecule is CC(Cl)c1cc(Cl)cc(Cl)c1F. The lowest BCUT2D eigenvalue weighted by Crippen LogP contribution is -1.91. The first-order valence-electron chi connectivity index (χ1n) is 3.31. The Morgan fingerprint density at radius 2 is 1.92 bits per heavy atom. The van der Waals surface area contributed by atoms with Gasteiger partial charge < -0.3 is 0 Å². The number of hydrogen-bond donors (Lipinski definition) is 0. The largest absolute Gasteiger partial charge is 0.205 e. The van der Waals surface area contributed by atoms with E-state index in [-0.39, 0.29) is 5.02 Å². The molecule has 1 aromatic carbocycles. The Bertz CT molecular complexity index is 297. The minimum Gasteiger partial charge on any atom is -0.205 e. The predicted molar refractivity (Wildman–Crippen MR) is 50.7 cm³/mol. The van der Waals surface area contributed by atoms with Crippen molar-refractivity contribution in [1.29, 1.82) is 0 Å². The summed E-state index contributed by atoms with van der Waals surface area (Å²) in [5, 5.41) is -0.0323. The smallest absolute Gasteiger partial charge is 0.146 e. The van der Waals surface area contributed by atoms with Crippen LogP contribution in [-0.4, -0.2) is 0 Å². The van der Waals surface area contributed by atoms with Crippen LogP contribution in [0.25, 0.3) is 0 Å². The molecular weight excluding hydrogens is 221 g/mol. The molecule has 1 atom stereocenters. The van der Waals surface area contributed by atoms with Crippen LogP contribution in [0.2, 0.25) is 10.0 Å². The Balaban J connectivity index is 3.28. The summed E-state index contributed by atoms with van der Waals surface area (Å²) < 4.78 is 13.2. The van der Waals surface area contributed by atoms with Crippen LogP contribution in [0.15, 0.2) is 12.1 Å². The lowest BCUT2D eigenvalue weighted by Gasteiger charge is -2.06. The first-order valence-corrected chi connectivity index (χ1v) is 4.50. The van der Waals surface area contributed by atoms with Crippen LogP contribution < -0.4 is 0 Å². The fourth-order valence-corrected chi connectivity index (χ4v) is 1.53. The minimum absolute atomic E-state index is 0.00463. The normalized spacial score (nSPS) is 13.1. The molecule has 0 saturated carbocycles. The second kappa shape index (κ2) is 3.82. The van der Waals surface area contributed by atoms with Crippen LogP contribution in [0.3, 0.4) is 0 Å². The molecule has 0 nitrogen and oxygen atoms in total. The van der Waals surface area contributed by atoms with E-state index in [0.29, 0.717) is 10.6 Å². The van der Waals surface area contributed by atoms with Crippen molar-refractivity contribution in [1.82, 2.24) is 0 Å². The lowest BCUT2D eigenvalue weighted by molar-refractivity contribution is 0.611. The summed E-state index contributed by atoms with van der Waals surface area (Å²) in [6.07, 6.45) is 0. The summed E-state index contributed by atoms with van der Waals surface area (Å²) in [6.45, 7) is 1.66. The highest BCUT2D eigenvalue weighted by atomic mass is 35.5. The Hall–Kier alpha value is 0.0200. The van der Waals surface area contributed by atoms with Gasteiger partial charge >= 0.3 is 0 Å². The standard InChI is InChI=1S/C8H6Cl3F/c1-4(9)6-2-5(10)3-7(11)8(6)12/h2-4H,1H3. The maximum absolute atomic E-state index is 13.2. The van der Waals surface area contributed by atoms with Gasteiger partial charge in [0.2, 0.25) is 0 Å². The van der Waals surface area contributed by atoms with E-state index < -0.39 is 11.2 Å². The summed E-state index contributed by atoms with van der Waals surface area (Å²) in [4.78, 5) is 0. The van der Waals surface area contributed by atoms with E-state index in [1.165, 1.54) is 12.1 Å². The third kappa shape index (κ3) is 2.03. The quantitative estimate of drug-likeness (QED) is 0.492. The number of rotatable bonds is 1. The van der Waals surface area contributed by atoms with E-state index in [4.69, 9.17) is 34.8 Å². The van der Waals surface area contributed by atoms with E-state index in [0.717, 1.165) is 0 Å². The molecule has 0 bridgehead atoms. The molecule has 1 aromatic rings. The highest BCUT2D eigenvalue weighted by molar-refractivity contribution is 6.35. The highest BCUT2D eigenvalue weighted by Gasteiger charge is 2.12. The van der Waals surface area contributed by atoms with Crippen molar-refractivity contribution in [3.8, 4) is 0 Å². The number of halogens is 4. The number of alkyl halides is 1. The topological polar surface area (TPSA) is 0 Å². The molecule has 12 heavy (non-hydrogen) atoms. The second-order valence-electron chi connectivity index (χ2n) is 2.41. The average molecular weight is 227 g/mol. The third-order valence-electron chi connectivity index (χ3n) is 1.45. The Morgan fingerprint density at radius 1 is 1.33 bits per heavy atom. The van der Waals surface area contributed by atoms with Crippen LogP contribution >= 0.6 is 34.8 Å². The Labute approximate surface area is 85.2 Å². The molecule has 0 heterocycles. The molecule has 0 amide bonds. The minimum atomic E-state index is -0.497. The maximum Gasteiger partial charge on any atom is 0.146 e. The zero-order chi connectivity index (χ0) is 9.30. The van der Waals surface area contributed by atoms with Gasteiger partial charge in [0.05, 0.1) is 10.4 Å². The van der Waals surface area contributed by atoms with Crippen LogP contribution in [0, 0.1) is 5.82 Å². The first-order chi connectivity index (χ1) is 5.52. The van der Waals surface area contributed by atoms with Crippen molar-refractivity contribution in [2.45, 2.75) is 12.3 Å². The molecule has 0 saturated heterocycles. The molecule has 0 aliphatic carbocycles. The second-order valence-corrected chi connectivity index (χ2v) is 3.91. The third-order valence-corrected chi connectivity index (χ3v) is 2.18. The van der Waals surface area contributed by atoms with Gasteiger partial charge in [-0.15, -0.1) is 11.6 Å². The molecule has 1 unspecified atom stereocenters. The van der Waals surface area contributed by atoms with Gasteiger partial charge in [0.25, 0.3) is 0 Å². The van der Waals surface area contributed by atoms with E-state index in [1.54, 1.807) is 6.92 Å². The van der Waals surface area contributed by atoms with Crippen molar-refractivity contribution in [2.24, 2.45) is 0 Å². The Morgan fingerprint density at radius 3 is 2.42 bits per heavy atom. The number of hydrogen-bond acceptors (Lipinski definition) is 0. The van der Waals surface area contributed by atoms with Gasteiger partial charge in [0.1, 0.15) is 5.82 Å². The highest BCUT2D eigenvalue weighted by Crippen LogP contribution is 2.30. The van der Waals surface area contributed by atoms with Crippen LogP contribution in [-0.2, 0) is 0 Å². The maximum atomic E-state index is 13.2. The predicted octanol–water partition coefficient (Wildman–Crippen LogP) is 4.43. The zero-order valence-electron chi connectivity index (χ0n) is 6.24. The van der Waals surface area contributed by atoms with Gasteiger partial charge in [-0.1, -0.05) is 23.2 Å². The van der Waals surface area contributed by atoms with Gasteiger partial charge in [-0.2, -0.15) is 0 Å². The fourth-order valence-electron chi connectivity index (χ4n) is 0.865. The van der Waals surface area contributed by atoms with Crippen molar-refractivity contribution < 1.29 is 4.39 Å². The van der Waals surface area contributed by atoms with Crippen LogP contribution in [0.5, 0.6) is 0 Å². The van der Waals surface area contributed by atoms with E-state index in [2.05, 4.69) is 0 Å². The first kappa shape index (κ1) is 10.1. The molecule has 0 N–H and O–H groups in total. The zero-order valence-corrected chi connectivity index (χ0v) is 8.51. The average Bonchev–Trinajstić information content (AvgIpc) is 1.96. The summed E-state index contributed by atoms with van der Waals surface area (Å²) in [6, 6.07) is 2.82. The molecule has 0 aliphatic rings. The van der Waals surface area contributed by atoms with Gasteiger partial charge in [-0.3, -0.25) is 0 Å². The molecule has 0 fully saturated rings. The molecule has 0 aromatic heterocycles. The Kier molecular flexibility index (Phi) is 3.22. The summed E-state index contributed by atoms with van der Waals surface area (Å²) in [7, 11) is 0. The molecule has 0 radical (unpaired) electrons. The molecule has 1 rings (SSSR count). The van der Waals surface area contributed by atoms with Crippen molar-refractivity contribution >= 4 is 34.8 Å². The van der Waals surface area contributed by atoms with Gasteiger partial charge in [-0.05, 0) is 19.1 Å². The number of benzene rings is 1. The van der Waals surface area contributed by atoms with E-state index in [9.17, 15) is 4.39 Å². The summed E-state index contributed by atoms with van der Waals surface area (Å²) in [5.41, 5.74) is 0.328. The van der Waals surface area contributed by atoms with Crippen molar-refractivity contribution in [3.05, 3.63) is 33.6 Å². The fraction of sp³-hybridized carbons (Fsp3) is 0.250. The molecule has 0 aliphatic heterocycles. The van der Waals surface area contributed by atoms with E-state index >= 15 is 0 Å². The molecule has 66 valence electrons. The van der Waals surface area contributed by atoms with Gasteiger partial charge in [0.15, 0.2) is 0 Å². The van der Waals surface area contributed by atoms with Crippen molar-refractivity contribution in [2.75, 3.05) is 0 Å². The molecule has 4 heteroatoms. The van der Waals surface area contributed by atoms with Crippen LogP contribution in [0.4, 0.5) is 4.39 Å².